The van der Waals surface area contributed by atoms with Gasteiger partial charge in [0.15, 0.2) is 0 Å². The molecule has 2 aliphatic heterocycles. The van der Waals surface area contributed by atoms with Gasteiger partial charge in [-0.15, -0.1) is 12.4 Å². The fourth-order valence-corrected chi connectivity index (χ4v) is 4.80. The first kappa shape index (κ1) is 18.3. The molecule has 0 N–H and O–H groups in total. The van der Waals surface area contributed by atoms with E-state index < -0.39 is 0 Å². The average Bonchev–Trinajstić information content (AvgIpc) is 2.72. The number of fused-ring (bicyclic) bond motifs is 4. The third kappa shape index (κ3) is 3.56. The van der Waals surface area contributed by atoms with Crippen molar-refractivity contribution >= 4 is 28.9 Å². The molecule has 1 fully saturated rings. The summed E-state index contributed by atoms with van der Waals surface area (Å²) < 4.78 is 0. The van der Waals surface area contributed by atoms with E-state index >= 15 is 0 Å². The lowest BCUT2D eigenvalue weighted by Crippen LogP contribution is -2.55. The summed E-state index contributed by atoms with van der Waals surface area (Å²) in [4.78, 5) is 5.34. The van der Waals surface area contributed by atoms with Crippen molar-refractivity contribution in [2.75, 3.05) is 31.1 Å². The smallest absolute Gasteiger partial charge is 0.0420 e. The minimum absolute atomic E-state index is 0. The third-order valence-corrected chi connectivity index (χ3v) is 6.19. The van der Waals surface area contributed by atoms with E-state index in [1.165, 1.54) is 60.1 Å². The van der Waals surface area contributed by atoms with Gasteiger partial charge in [0, 0.05) is 37.9 Å². The van der Waals surface area contributed by atoms with Crippen molar-refractivity contribution in [1.29, 1.82) is 0 Å². The summed E-state index contributed by atoms with van der Waals surface area (Å²) in [6, 6.07) is 25.2. The molecular formula is C24H27ClN2. The molecule has 3 aromatic carbocycles. The lowest BCUT2D eigenvalue weighted by Gasteiger charge is -2.46. The van der Waals surface area contributed by atoms with E-state index in [-0.39, 0.29) is 12.4 Å². The number of hydrogen-bond donors (Lipinski definition) is 0. The van der Waals surface area contributed by atoms with E-state index in [0.717, 1.165) is 13.0 Å². The second-order valence-corrected chi connectivity index (χ2v) is 7.70. The second kappa shape index (κ2) is 7.92. The summed E-state index contributed by atoms with van der Waals surface area (Å²) >= 11 is 0. The third-order valence-electron chi connectivity index (χ3n) is 6.19. The summed E-state index contributed by atoms with van der Waals surface area (Å²) in [5.74, 6) is 0. The molecule has 5 rings (SSSR count). The number of para-hydroxylation sites is 1. The summed E-state index contributed by atoms with van der Waals surface area (Å²) in [5.41, 5.74) is 4.50. The molecule has 0 saturated carbocycles. The summed E-state index contributed by atoms with van der Waals surface area (Å²) in [5, 5.41) is 2.78. The summed E-state index contributed by atoms with van der Waals surface area (Å²) in [7, 11) is 0. The van der Waals surface area contributed by atoms with Crippen molar-refractivity contribution in [1.82, 2.24) is 4.90 Å². The van der Waals surface area contributed by atoms with E-state index in [2.05, 4.69) is 76.5 Å². The SMILES string of the molecule is Cl.c1ccc2c(c1)CCC1CN(CCc3cccc4ccccc34)CCN21. The first-order chi connectivity index (χ1) is 12.9. The van der Waals surface area contributed by atoms with Gasteiger partial charge in [-0.25, -0.2) is 0 Å². The molecule has 27 heavy (non-hydrogen) atoms. The summed E-state index contributed by atoms with van der Waals surface area (Å²) in [6.07, 6.45) is 3.67. The van der Waals surface area contributed by atoms with Gasteiger partial charge in [0.2, 0.25) is 0 Å². The predicted octanol–water partition coefficient (Wildman–Crippen LogP) is 4.94. The van der Waals surface area contributed by atoms with Gasteiger partial charge in [-0.2, -0.15) is 0 Å². The van der Waals surface area contributed by atoms with Crippen molar-refractivity contribution in [2.24, 2.45) is 0 Å². The number of piperazine rings is 1. The van der Waals surface area contributed by atoms with Crippen LogP contribution in [0.5, 0.6) is 0 Å². The molecule has 0 radical (unpaired) electrons. The molecule has 3 aromatic rings. The zero-order valence-electron chi connectivity index (χ0n) is 15.7. The van der Waals surface area contributed by atoms with Crippen molar-refractivity contribution in [2.45, 2.75) is 25.3 Å². The minimum Gasteiger partial charge on any atom is -0.366 e. The highest BCUT2D eigenvalue weighted by molar-refractivity contribution is 5.86. The van der Waals surface area contributed by atoms with Gasteiger partial charge in [0.25, 0.3) is 0 Å². The standard InChI is InChI=1S/C24H26N2.ClH/c1-3-10-23-19(6-1)8-5-9-20(23)14-15-25-16-17-26-22(18-25)13-12-21-7-2-4-11-24(21)26;/h1-11,22H,12-18H2;1H. The van der Waals surface area contributed by atoms with Crippen molar-refractivity contribution in [3.05, 3.63) is 77.9 Å². The molecule has 2 heterocycles. The van der Waals surface area contributed by atoms with E-state index in [1.807, 2.05) is 0 Å². The van der Waals surface area contributed by atoms with Crippen LogP contribution in [-0.4, -0.2) is 37.1 Å². The molecule has 2 nitrogen and oxygen atoms in total. The number of halogens is 1. The van der Waals surface area contributed by atoms with E-state index in [0.29, 0.717) is 6.04 Å². The van der Waals surface area contributed by atoms with Crippen LogP contribution < -0.4 is 4.90 Å². The van der Waals surface area contributed by atoms with E-state index in [1.54, 1.807) is 0 Å². The number of anilines is 1. The molecule has 0 bridgehead atoms. The Morgan fingerprint density at radius 2 is 1.67 bits per heavy atom. The van der Waals surface area contributed by atoms with Crippen molar-refractivity contribution in [3.63, 3.8) is 0 Å². The maximum absolute atomic E-state index is 2.68. The van der Waals surface area contributed by atoms with Crippen LogP contribution in [-0.2, 0) is 12.8 Å². The molecule has 0 aromatic heterocycles. The molecule has 1 unspecified atom stereocenters. The van der Waals surface area contributed by atoms with Gasteiger partial charge in [0.05, 0.1) is 0 Å². The topological polar surface area (TPSA) is 6.48 Å². The number of hydrogen-bond acceptors (Lipinski definition) is 2. The maximum Gasteiger partial charge on any atom is 0.0420 e. The van der Waals surface area contributed by atoms with Crippen LogP contribution in [0.1, 0.15) is 17.5 Å². The highest BCUT2D eigenvalue weighted by atomic mass is 35.5. The maximum atomic E-state index is 2.68. The highest BCUT2D eigenvalue weighted by Gasteiger charge is 2.31. The number of aryl methyl sites for hydroxylation is 1. The number of nitrogens with zero attached hydrogens (tertiary/aromatic N) is 2. The summed E-state index contributed by atoms with van der Waals surface area (Å²) in [6.45, 7) is 4.71. The van der Waals surface area contributed by atoms with Crippen molar-refractivity contribution < 1.29 is 0 Å². The van der Waals surface area contributed by atoms with Gasteiger partial charge in [-0.1, -0.05) is 60.7 Å². The van der Waals surface area contributed by atoms with Gasteiger partial charge in [-0.3, -0.25) is 4.90 Å². The molecule has 2 aliphatic rings. The van der Waals surface area contributed by atoms with Crippen LogP contribution >= 0.6 is 12.4 Å². The van der Waals surface area contributed by atoms with Crippen LogP contribution in [0, 0.1) is 0 Å². The Balaban J connectivity index is 0.00000180. The molecular weight excluding hydrogens is 352 g/mol. The fourth-order valence-electron chi connectivity index (χ4n) is 4.80. The van der Waals surface area contributed by atoms with E-state index in [4.69, 9.17) is 0 Å². The lowest BCUT2D eigenvalue weighted by molar-refractivity contribution is 0.216. The second-order valence-electron chi connectivity index (χ2n) is 7.70. The highest BCUT2D eigenvalue weighted by Crippen LogP contribution is 2.32. The quantitative estimate of drug-likeness (QED) is 0.636. The molecule has 1 saturated heterocycles. The molecule has 0 aliphatic carbocycles. The normalized spacial score (nSPS) is 19.3. The average molecular weight is 379 g/mol. The Hall–Kier alpha value is -2.03. The van der Waals surface area contributed by atoms with Gasteiger partial charge in [0.1, 0.15) is 0 Å². The Labute approximate surface area is 168 Å². The molecule has 3 heteroatoms. The molecule has 1 atom stereocenters. The first-order valence-electron chi connectivity index (χ1n) is 9.92. The van der Waals surface area contributed by atoms with Crippen LogP contribution in [0.2, 0.25) is 0 Å². The minimum atomic E-state index is 0. The molecule has 0 spiro atoms. The van der Waals surface area contributed by atoms with Crippen LogP contribution in [0.15, 0.2) is 66.7 Å². The fraction of sp³-hybridized carbons (Fsp3) is 0.333. The largest absolute Gasteiger partial charge is 0.366 e. The van der Waals surface area contributed by atoms with Gasteiger partial charge < -0.3 is 4.90 Å². The molecule has 0 amide bonds. The monoisotopic (exact) mass is 378 g/mol. The van der Waals surface area contributed by atoms with Crippen molar-refractivity contribution in [3.8, 4) is 0 Å². The number of benzene rings is 3. The van der Waals surface area contributed by atoms with Crippen LogP contribution in [0.3, 0.4) is 0 Å². The van der Waals surface area contributed by atoms with Gasteiger partial charge in [-0.05, 0) is 47.2 Å². The van der Waals surface area contributed by atoms with E-state index in [9.17, 15) is 0 Å². The van der Waals surface area contributed by atoms with Gasteiger partial charge >= 0.3 is 0 Å². The Kier molecular flexibility index (Phi) is 5.38. The molecule has 140 valence electrons. The van der Waals surface area contributed by atoms with Crippen LogP contribution in [0.4, 0.5) is 5.69 Å². The first-order valence-corrected chi connectivity index (χ1v) is 9.92. The van der Waals surface area contributed by atoms with Crippen LogP contribution in [0.25, 0.3) is 10.8 Å². The lowest BCUT2D eigenvalue weighted by atomic mass is 9.93. The number of rotatable bonds is 3. The zero-order valence-corrected chi connectivity index (χ0v) is 16.5. The Bertz CT molecular complexity index is 918. The predicted molar refractivity (Wildman–Crippen MR) is 117 cm³/mol. The Morgan fingerprint density at radius 1 is 0.852 bits per heavy atom. The zero-order chi connectivity index (χ0) is 17.3. The Morgan fingerprint density at radius 3 is 2.63 bits per heavy atom.